The molecule has 1 atom stereocenters. The molecule has 4 aromatic rings. The van der Waals surface area contributed by atoms with E-state index in [1.165, 1.54) is 16.2 Å². The van der Waals surface area contributed by atoms with Gasteiger partial charge in [-0.1, -0.05) is 48.5 Å². The minimum atomic E-state index is -0.869. The van der Waals surface area contributed by atoms with Crippen molar-refractivity contribution in [3.05, 3.63) is 106 Å². The van der Waals surface area contributed by atoms with Crippen LogP contribution in [0.2, 0.25) is 0 Å². The van der Waals surface area contributed by atoms with Crippen LogP contribution < -0.4 is 14.4 Å². The fourth-order valence-corrected chi connectivity index (χ4v) is 5.77. The topological polar surface area (TPSA) is 89.0 Å². The number of amides is 1. The molecule has 1 amide bonds. The molecular formula is C32H30N2O5S. The molecule has 1 unspecified atom stereocenters. The molecule has 1 aliphatic rings. The Hall–Kier alpha value is -4.43. The number of nitrogens with zero attached hydrogens (tertiary/aromatic N) is 2. The lowest BCUT2D eigenvalue weighted by atomic mass is 9.94. The van der Waals surface area contributed by atoms with E-state index in [9.17, 15) is 14.7 Å². The number of rotatable bonds is 9. The predicted octanol–water partition coefficient (Wildman–Crippen LogP) is 7.09. The fourth-order valence-electron chi connectivity index (χ4n) is 4.74. The van der Waals surface area contributed by atoms with E-state index in [4.69, 9.17) is 9.47 Å². The lowest BCUT2D eigenvalue weighted by Gasteiger charge is -2.27. The minimum absolute atomic E-state index is 0.00842. The highest BCUT2D eigenvalue weighted by Gasteiger charge is 2.45. The Morgan fingerprint density at radius 1 is 1.02 bits per heavy atom. The summed E-state index contributed by atoms with van der Waals surface area (Å²) in [5, 5.41) is 11.9. The summed E-state index contributed by atoms with van der Waals surface area (Å²) < 4.78 is 11.5. The highest BCUT2D eigenvalue weighted by atomic mass is 32.1. The number of carbonyl (C=O) groups is 2. The van der Waals surface area contributed by atoms with Crippen molar-refractivity contribution in [3.63, 3.8) is 0 Å². The Bertz CT molecular complexity index is 1570. The second kappa shape index (κ2) is 11.4. The molecular weight excluding hydrogens is 524 g/mol. The van der Waals surface area contributed by atoms with E-state index in [0.29, 0.717) is 44.9 Å². The van der Waals surface area contributed by atoms with E-state index < -0.39 is 23.5 Å². The van der Waals surface area contributed by atoms with Gasteiger partial charge in [0.2, 0.25) is 5.78 Å². The molecule has 8 heteroatoms. The molecule has 0 saturated carbocycles. The molecule has 204 valence electrons. The second-order valence-corrected chi connectivity index (χ2v) is 10.6. The fraction of sp³-hybridized carbons (Fsp3) is 0.219. The number of aromatic nitrogens is 1. The van der Waals surface area contributed by atoms with Crippen LogP contribution in [0.15, 0.2) is 90.2 Å². The Morgan fingerprint density at radius 3 is 2.42 bits per heavy atom. The largest absolute Gasteiger partial charge is 0.503 e. The van der Waals surface area contributed by atoms with Crippen molar-refractivity contribution in [2.45, 2.75) is 39.8 Å². The van der Waals surface area contributed by atoms with Gasteiger partial charge in [0.1, 0.15) is 16.5 Å². The van der Waals surface area contributed by atoms with Gasteiger partial charge < -0.3 is 14.6 Å². The predicted molar refractivity (Wildman–Crippen MR) is 156 cm³/mol. The zero-order chi connectivity index (χ0) is 28.4. The van der Waals surface area contributed by atoms with Gasteiger partial charge in [0.15, 0.2) is 5.76 Å². The number of aliphatic hydroxyl groups is 1. The average Bonchev–Trinajstić information content (AvgIpc) is 3.46. The number of Topliss-reactive ketones (excluding diaryl/α,β-unsaturated/α-hetero) is 1. The lowest BCUT2D eigenvalue weighted by Crippen LogP contribution is -2.31. The van der Waals surface area contributed by atoms with E-state index in [1.54, 1.807) is 43.3 Å². The van der Waals surface area contributed by atoms with E-state index >= 15 is 0 Å². The molecule has 0 radical (unpaired) electrons. The van der Waals surface area contributed by atoms with Gasteiger partial charge in [-0.2, -0.15) is 0 Å². The Labute approximate surface area is 237 Å². The van der Waals surface area contributed by atoms with Gasteiger partial charge in [-0.25, -0.2) is 4.98 Å². The molecule has 3 aromatic carbocycles. The van der Waals surface area contributed by atoms with Gasteiger partial charge in [-0.05, 0) is 57.5 Å². The van der Waals surface area contributed by atoms with Crippen LogP contribution in [0.4, 0.5) is 5.69 Å². The minimum Gasteiger partial charge on any atom is -0.503 e. The molecule has 7 nitrogen and oxygen atoms in total. The Balaban J connectivity index is 1.61. The number of hydrogen-bond donors (Lipinski definition) is 1. The van der Waals surface area contributed by atoms with Crippen molar-refractivity contribution in [3.8, 4) is 22.1 Å². The molecule has 2 heterocycles. The Morgan fingerprint density at radius 2 is 1.75 bits per heavy atom. The number of aryl methyl sites for hydroxylation is 1. The summed E-state index contributed by atoms with van der Waals surface area (Å²) >= 11 is 1.25. The summed E-state index contributed by atoms with van der Waals surface area (Å²) in [4.78, 5) is 34.2. The molecule has 0 fully saturated rings. The monoisotopic (exact) mass is 554 g/mol. The summed E-state index contributed by atoms with van der Waals surface area (Å²) in [7, 11) is 0. The summed E-state index contributed by atoms with van der Waals surface area (Å²) in [5.74, 6) is -0.417. The highest BCUT2D eigenvalue weighted by Crippen LogP contribution is 2.44. The maximum atomic E-state index is 14.1. The molecule has 0 aliphatic carbocycles. The number of thiazole rings is 1. The first-order valence-corrected chi connectivity index (χ1v) is 13.9. The van der Waals surface area contributed by atoms with E-state index in [2.05, 4.69) is 4.98 Å². The van der Waals surface area contributed by atoms with Crippen molar-refractivity contribution >= 4 is 28.7 Å². The maximum Gasteiger partial charge on any atom is 0.294 e. The molecule has 5 rings (SSSR count). The zero-order valence-electron chi connectivity index (χ0n) is 22.8. The smallest absolute Gasteiger partial charge is 0.294 e. The zero-order valence-corrected chi connectivity index (χ0v) is 23.6. The summed E-state index contributed by atoms with van der Waals surface area (Å²) in [6.45, 7) is 7.98. The number of ether oxygens (including phenoxy) is 2. The number of aliphatic hydroxyl groups excluding tert-OH is 1. The lowest BCUT2D eigenvalue weighted by molar-refractivity contribution is -0.117. The molecule has 0 spiro atoms. The third kappa shape index (κ3) is 5.22. The molecule has 1 N–H and O–H groups in total. The summed E-state index contributed by atoms with van der Waals surface area (Å²) in [6, 6.07) is 23.0. The highest BCUT2D eigenvalue weighted by molar-refractivity contribution is 7.17. The quantitative estimate of drug-likeness (QED) is 0.222. The van der Waals surface area contributed by atoms with Gasteiger partial charge in [0.05, 0.1) is 34.9 Å². The third-order valence-corrected chi connectivity index (χ3v) is 7.66. The number of ketones is 1. The third-order valence-electron chi connectivity index (χ3n) is 6.45. The van der Waals surface area contributed by atoms with Gasteiger partial charge in [-0.15, -0.1) is 11.3 Å². The van der Waals surface area contributed by atoms with Crippen molar-refractivity contribution in [2.75, 3.05) is 11.5 Å². The number of anilines is 1. The van der Waals surface area contributed by atoms with Crippen molar-refractivity contribution in [1.29, 1.82) is 0 Å². The van der Waals surface area contributed by atoms with Gasteiger partial charge in [-0.3, -0.25) is 14.5 Å². The number of hydrogen-bond acceptors (Lipinski definition) is 7. The van der Waals surface area contributed by atoms with Crippen LogP contribution in [0.5, 0.6) is 11.5 Å². The van der Waals surface area contributed by atoms with Crippen LogP contribution in [0, 0.1) is 6.92 Å². The average molecular weight is 555 g/mol. The van der Waals surface area contributed by atoms with Crippen LogP contribution >= 0.6 is 11.3 Å². The van der Waals surface area contributed by atoms with Crippen molar-refractivity contribution in [2.24, 2.45) is 0 Å². The number of benzene rings is 3. The summed E-state index contributed by atoms with van der Waals surface area (Å²) in [5.41, 5.74) is 2.60. The van der Waals surface area contributed by atoms with Crippen LogP contribution in [-0.4, -0.2) is 34.5 Å². The first-order valence-electron chi connectivity index (χ1n) is 13.1. The van der Waals surface area contributed by atoms with Crippen molar-refractivity contribution in [1.82, 2.24) is 4.98 Å². The Kier molecular flexibility index (Phi) is 7.71. The van der Waals surface area contributed by atoms with E-state index in [0.717, 1.165) is 5.56 Å². The van der Waals surface area contributed by atoms with E-state index in [1.807, 2.05) is 63.2 Å². The van der Waals surface area contributed by atoms with Gasteiger partial charge >= 0.3 is 0 Å². The van der Waals surface area contributed by atoms with Gasteiger partial charge in [0.25, 0.3) is 5.91 Å². The van der Waals surface area contributed by atoms with Crippen LogP contribution in [0.25, 0.3) is 10.6 Å². The first-order chi connectivity index (χ1) is 19.3. The van der Waals surface area contributed by atoms with Crippen LogP contribution in [0.1, 0.15) is 47.7 Å². The number of carbonyl (C=O) groups excluding carboxylic acids is 2. The van der Waals surface area contributed by atoms with Crippen LogP contribution in [-0.2, 0) is 4.79 Å². The molecule has 40 heavy (non-hydrogen) atoms. The normalized spacial score (nSPS) is 15.2. The second-order valence-electron chi connectivity index (χ2n) is 9.63. The maximum absolute atomic E-state index is 14.1. The van der Waals surface area contributed by atoms with E-state index in [-0.39, 0.29) is 11.7 Å². The van der Waals surface area contributed by atoms with Crippen molar-refractivity contribution < 1.29 is 24.2 Å². The summed E-state index contributed by atoms with van der Waals surface area (Å²) in [6.07, 6.45) is -0.00842. The van der Waals surface area contributed by atoms with Gasteiger partial charge in [0, 0.05) is 17.3 Å². The standard InChI is InChI=1S/C32H30N2O5S/c1-5-38-25-13-9-12-23(18-25)34-27(21-14-16-24(17-15-21)39-19(2)3)26(29(36)32(34)37)28(35)30-20(4)33-31(40-30)22-10-7-6-8-11-22/h6-19,27,36H,5H2,1-4H3. The SMILES string of the molecule is CCOc1cccc(N2C(=O)C(O)=C(C(=O)c3sc(-c4ccccc4)nc3C)C2c2ccc(OC(C)C)cc2)c1. The molecule has 1 aromatic heterocycles. The molecule has 1 aliphatic heterocycles. The molecule has 0 saturated heterocycles. The first kappa shape index (κ1) is 27.1. The van der Waals surface area contributed by atoms with Crippen LogP contribution in [0.3, 0.4) is 0 Å². The molecule has 0 bridgehead atoms.